The van der Waals surface area contributed by atoms with Gasteiger partial charge in [-0.15, -0.1) is 35.3 Å². The van der Waals surface area contributed by atoms with Crippen molar-refractivity contribution in [2.24, 2.45) is 4.99 Å². The molecule has 138 valence electrons. The summed E-state index contributed by atoms with van der Waals surface area (Å²) in [7, 11) is 3.81. The first-order chi connectivity index (χ1) is 11.5. The van der Waals surface area contributed by atoms with Gasteiger partial charge in [0.05, 0.1) is 23.4 Å². The Bertz CT molecular complexity index is 687. The van der Waals surface area contributed by atoms with E-state index in [1.165, 1.54) is 0 Å². The molecule has 0 amide bonds. The number of thiazole rings is 1. The molecule has 0 atom stereocenters. The number of hydrogen-bond donors (Lipinski definition) is 1. The van der Waals surface area contributed by atoms with Gasteiger partial charge in [-0.3, -0.25) is 4.99 Å². The van der Waals surface area contributed by atoms with E-state index in [4.69, 9.17) is 4.74 Å². The van der Waals surface area contributed by atoms with Gasteiger partial charge in [-0.25, -0.2) is 4.98 Å². The van der Waals surface area contributed by atoms with Gasteiger partial charge in [0.2, 0.25) is 0 Å². The largest absolute Gasteiger partial charge is 0.491 e. The summed E-state index contributed by atoms with van der Waals surface area (Å²) >= 11 is 1.67. The lowest BCUT2D eigenvalue weighted by atomic mass is 10.2. The normalized spacial score (nSPS) is 11.2. The first-order valence-electron chi connectivity index (χ1n) is 8.06. The Morgan fingerprint density at radius 3 is 2.76 bits per heavy atom. The molecule has 2 aromatic rings. The summed E-state index contributed by atoms with van der Waals surface area (Å²) < 4.78 is 5.74. The van der Waals surface area contributed by atoms with E-state index in [0.29, 0.717) is 6.54 Å². The monoisotopic (exact) mass is 474 g/mol. The number of ether oxygens (including phenoxy) is 1. The van der Waals surface area contributed by atoms with Gasteiger partial charge in [-0.05, 0) is 38.5 Å². The van der Waals surface area contributed by atoms with Crippen molar-refractivity contribution in [3.05, 3.63) is 45.9 Å². The second-order valence-corrected chi connectivity index (χ2v) is 6.99. The maximum Gasteiger partial charge on any atom is 0.194 e. The molecule has 2 rings (SSSR count). The first-order valence-corrected chi connectivity index (χ1v) is 8.94. The maximum atomic E-state index is 5.74. The highest BCUT2D eigenvalue weighted by atomic mass is 127. The van der Waals surface area contributed by atoms with Crippen LogP contribution in [0.2, 0.25) is 0 Å². The van der Waals surface area contributed by atoms with E-state index in [9.17, 15) is 0 Å². The summed E-state index contributed by atoms with van der Waals surface area (Å²) in [6, 6.07) is 8.13. The molecular weight excluding hydrogens is 447 g/mol. The fourth-order valence-electron chi connectivity index (χ4n) is 2.37. The van der Waals surface area contributed by atoms with Crippen LogP contribution in [0.1, 0.15) is 30.1 Å². The van der Waals surface area contributed by atoms with Gasteiger partial charge in [0.25, 0.3) is 0 Å². The number of benzene rings is 1. The number of hydrogen-bond acceptors (Lipinski definition) is 4. The molecular formula is C18H27IN4OS. The van der Waals surface area contributed by atoms with Crippen LogP contribution >= 0.6 is 35.3 Å². The Morgan fingerprint density at radius 2 is 2.16 bits per heavy atom. The Balaban J connectivity index is 0.00000312. The SMILES string of the molecule is CN=C(NCc1cccc(OC(C)C)c1)N(C)Cc1csc(C)n1.I. The third kappa shape index (κ3) is 7.19. The zero-order valence-corrected chi connectivity index (χ0v) is 18.6. The van der Waals surface area contributed by atoms with E-state index in [1.807, 2.05) is 40.0 Å². The van der Waals surface area contributed by atoms with Crippen LogP contribution < -0.4 is 10.1 Å². The van der Waals surface area contributed by atoms with Crippen LogP contribution in [0.5, 0.6) is 5.75 Å². The zero-order chi connectivity index (χ0) is 17.5. The summed E-state index contributed by atoms with van der Waals surface area (Å²) in [6.45, 7) is 7.51. The van der Waals surface area contributed by atoms with Crippen LogP contribution in [0.25, 0.3) is 0 Å². The number of aromatic nitrogens is 1. The molecule has 1 aromatic heterocycles. The molecule has 0 saturated heterocycles. The van der Waals surface area contributed by atoms with E-state index < -0.39 is 0 Å². The van der Waals surface area contributed by atoms with Crippen molar-refractivity contribution in [2.45, 2.75) is 40.0 Å². The quantitative estimate of drug-likeness (QED) is 0.390. The number of halogens is 1. The lowest BCUT2D eigenvalue weighted by Crippen LogP contribution is -2.38. The van der Waals surface area contributed by atoms with Crippen LogP contribution in [-0.4, -0.2) is 36.0 Å². The summed E-state index contributed by atoms with van der Waals surface area (Å²) in [4.78, 5) is 10.9. The highest BCUT2D eigenvalue weighted by Crippen LogP contribution is 2.15. The molecule has 1 aromatic carbocycles. The smallest absolute Gasteiger partial charge is 0.194 e. The number of guanidine groups is 1. The molecule has 1 N–H and O–H groups in total. The Morgan fingerprint density at radius 1 is 1.40 bits per heavy atom. The van der Waals surface area contributed by atoms with E-state index in [1.54, 1.807) is 18.4 Å². The van der Waals surface area contributed by atoms with E-state index in [2.05, 4.69) is 37.7 Å². The highest BCUT2D eigenvalue weighted by Gasteiger charge is 2.09. The maximum absolute atomic E-state index is 5.74. The molecule has 0 aliphatic heterocycles. The van der Waals surface area contributed by atoms with Crippen LogP contribution in [0.3, 0.4) is 0 Å². The van der Waals surface area contributed by atoms with Crippen molar-refractivity contribution < 1.29 is 4.74 Å². The van der Waals surface area contributed by atoms with Crippen LogP contribution in [-0.2, 0) is 13.1 Å². The van der Waals surface area contributed by atoms with Crippen molar-refractivity contribution in [1.82, 2.24) is 15.2 Å². The summed E-state index contributed by atoms with van der Waals surface area (Å²) in [5.41, 5.74) is 2.22. The Labute approximate surface area is 171 Å². The molecule has 0 bridgehead atoms. The number of aliphatic imine (C=N–C) groups is 1. The Hall–Kier alpha value is -1.35. The molecule has 0 radical (unpaired) electrons. The molecule has 1 heterocycles. The van der Waals surface area contributed by atoms with E-state index >= 15 is 0 Å². The van der Waals surface area contributed by atoms with Crippen molar-refractivity contribution in [2.75, 3.05) is 14.1 Å². The third-order valence-electron chi connectivity index (χ3n) is 3.36. The molecule has 0 unspecified atom stereocenters. The minimum atomic E-state index is 0. The molecule has 7 heteroatoms. The Kier molecular flexibility index (Phi) is 9.20. The number of nitrogens with one attached hydrogen (secondary N) is 1. The van der Waals surface area contributed by atoms with Gasteiger partial charge in [-0.1, -0.05) is 12.1 Å². The lowest BCUT2D eigenvalue weighted by molar-refractivity contribution is 0.242. The predicted molar refractivity (Wildman–Crippen MR) is 116 cm³/mol. The summed E-state index contributed by atoms with van der Waals surface area (Å²) in [5, 5.41) is 6.56. The highest BCUT2D eigenvalue weighted by molar-refractivity contribution is 14.0. The van der Waals surface area contributed by atoms with Crippen LogP contribution in [0.15, 0.2) is 34.6 Å². The zero-order valence-electron chi connectivity index (χ0n) is 15.4. The molecule has 0 aliphatic rings. The predicted octanol–water partition coefficient (Wildman–Crippen LogP) is 4.06. The molecule has 25 heavy (non-hydrogen) atoms. The molecule has 0 aliphatic carbocycles. The molecule has 0 saturated carbocycles. The second kappa shape index (κ2) is 10.6. The first kappa shape index (κ1) is 21.7. The van der Waals surface area contributed by atoms with Gasteiger partial charge in [-0.2, -0.15) is 0 Å². The van der Waals surface area contributed by atoms with Gasteiger partial charge in [0.1, 0.15) is 5.75 Å². The fraction of sp³-hybridized carbons (Fsp3) is 0.444. The van der Waals surface area contributed by atoms with Gasteiger partial charge < -0.3 is 15.0 Å². The topological polar surface area (TPSA) is 49.8 Å². The van der Waals surface area contributed by atoms with Crippen molar-refractivity contribution >= 4 is 41.3 Å². The van der Waals surface area contributed by atoms with Crippen molar-refractivity contribution in [1.29, 1.82) is 0 Å². The molecule has 0 fully saturated rings. The van der Waals surface area contributed by atoms with E-state index in [0.717, 1.165) is 34.5 Å². The van der Waals surface area contributed by atoms with Crippen LogP contribution in [0, 0.1) is 6.92 Å². The third-order valence-corrected chi connectivity index (χ3v) is 4.18. The summed E-state index contributed by atoms with van der Waals surface area (Å²) in [6.07, 6.45) is 0.175. The van der Waals surface area contributed by atoms with Crippen molar-refractivity contribution in [3.63, 3.8) is 0 Å². The van der Waals surface area contributed by atoms with Gasteiger partial charge >= 0.3 is 0 Å². The molecule has 5 nitrogen and oxygen atoms in total. The average Bonchev–Trinajstić information content (AvgIpc) is 2.92. The number of aryl methyl sites for hydroxylation is 1. The summed E-state index contributed by atoms with van der Waals surface area (Å²) in [5.74, 6) is 1.74. The van der Waals surface area contributed by atoms with E-state index in [-0.39, 0.29) is 30.1 Å². The minimum Gasteiger partial charge on any atom is -0.491 e. The lowest BCUT2D eigenvalue weighted by Gasteiger charge is -2.21. The molecule has 0 spiro atoms. The van der Waals surface area contributed by atoms with Gasteiger partial charge in [0.15, 0.2) is 5.96 Å². The minimum absolute atomic E-state index is 0. The average molecular weight is 474 g/mol. The van der Waals surface area contributed by atoms with Crippen molar-refractivity contribution in [3.8, 4) is 5.75 Å². The van der Waals surface area contributed by atoms with Gasteiger partial charge in [0, 0.05) is 26.0 Å². The second-order valence-electron chi connectivity index (χ2n) is 5.93. The number of nitrogens with zero attached hydrogens (tertiary/aromatic N) is 3. The van der Waals surface area contributed by atoms with Crippen LogP contribution in [0.4, 0.5) is 0 Å². The standard InChI is InChI=1S/C18H26N4OS.HI/c1-13(2)23-17-8-6-7-15(9-17)10-20-18(19-4)22(5)11-16-12-24-14(3)21-16;/h6-9,12-13H,10-11H2,1-5H3,(H,19,20);1H. The fourth-order valence-corrected chi connectivity index (χ4v) is 2.97. The number of rotatable bonds is 6.